The largest absolute Gasteiger partial charge is 0.480 e. The number of nitrogens with zero attached hydrogens (tertiary/aromatic N) is 4. The van der Waals surface area contributed by atoms with Crippen LogP contribution >= 0.6 is 0 Å². The number of ether oxygens (including phenoxy) is 2. The Hall–Kier alpha value is -2.79. The molecule has 0 saturated carbocycles. The number of hydrogen-bond acceptors (Lipinski definition) is 8. The molecule has 1 atom stereocenters. The number of non-ortho nitro benzene ring substituents is 1. The highest BCUT2D eigenvalue weighted by molar-refractivity contribution is 7.89. The molecule has 0 aliphatic carbocycles. The first kappa shape index (κ1) is 19.0. The summed E-state index contributed by atoms with van der Waals surface area (Å²) < 4.78 is 37.8. The molecule has 0 spiro atoms. The molecule has 1 aliphatic rings. The van der Waals surface area contributed by atoms with Crippen LogP contribution in [0.25, 0.3) is 0 Å². The lowest BCUT2D eigenvalue weighted by Crippen LogP contribution is -2.31. The van der Waals surface area contributed by atoms with Crippen LogP contribution in [-0.2, 0) is 10.0 Å². The van der Waals surface area contributed by atoms with Crippen molar-refractivity contribution in [1.82, 2.24) is 14.3 Å². The minimum atomic E-state index is -3.88. The molecule has 144 valence electrons. The lowest BCUT2D eigenvalue weighted by Gasteiger charge is -2.18. The molecule has 0 radical (unpaired) electrons. The lowest BCUT2D eigenvalue weighted by atomic mass is 10.2. The number of nitro groups is 1. The molecular weight excluding hydrogens is 376 g/mol. The van der Waals surface area contributed by atoms with E-state index in [1.54, 1.807) is 6.92 Å². The standard InChI is InChI=1S/C16H18N4O6S/c1-11-3-4-12(20(21)22)7-14(11)27(23,24)19-6-5-13(10-19)26-16-9-17-8-15(18-16)25-2/h3-4,7-9,13H,5-6,10H2,1-2H3. The molecule has 1 aliphatic heterocycles. The maximum atomic E-state index is 12.9. The highest BCUT2D eigenvalue weighted by Crippen LogP contribution is 2.28. The van der Waals surface area contributed by atoms with Gasteiger partial charge in [0.1, 0.15) is 6.10 Å². The summed E-state index contributed by atoms with van der Waals surface area (Å²) in [4.78, 5) is 18.3. The van der Waals surface area contributed by atoms with Crippen LogP contribution in [0.1, 0.15) is 12.0 Å². The Kier molecular flexibility index (Phi) is 5.24. The number of sulfonamides is 1. The van der Waals surface area contributed by atoms with Crippen molar-refractivity contribution in [3.63, 3.8) is 0 Å². The van der Waals surface area contributed by atoms with Crippen LogP contribution in [0.3, 0.4) is 0 Å². The number of rotatable bonds is 6. The zero-order valence-electron chi connectivity index (χ0n) is 14.7. The first-order chi connectivity index (χ1) is 12.8. The van der Waals surface area contributed by atoms with E-state index in [0.717, 1.165) is 6.07 Å². The maximum Gasteiger partial charge on any atom is 0.270 e. The SMILES string of the molecule is COc1cncc(OC2CCN(S(=O)(=O)c3cc([N+](=O)[O-])ccc3C)C2)n1. The number of nitro benzene ring substituents is 1. The zero-order valence-corrected chi connectivity index (χ0v) is 15.5. The molecule has 0 N–H and O–H groups in total. The van der Waals surface area contributed by atoms with Gasteiger partial charge < -0.3 is 9.47 Å². The van der Waals surface area contributed by atoms with E-state index in [1.807, 2.05) is 0 Å². The average Bonchev–Trinajstić information content (AvgIpc) is 3.11. The molecule has 10 nitrogen and oxygen atoms in total. The molecule has 0 bridgehead atoms. The number of benzene rings is 1. The maximum absolute atomic E-state index is 12.9. The Bertz CT molecular complexity index is 965. The van der Waals surface area contributed by atoms with Gasteiger partial charge in [-0.15, -0.1) is 0 Å². The molecule has 1 aromatic heterocycles. The third-order valence-electron chi connectivity index (χ3n) is 4.20. The van der Waals surface area contributed by atoms with Crippen LogP contribution in [0, 0.1) is 17.0 Å². The van der Waals surface area contributed by atoms with Gasteiger partial charge >= 0.3 is 0 Å². The van der Waals surface area contributed by atoms with E-state index >= 15 is 0 Å². The summed E-state index contributed by atoms with van der Waals surface area (Å²) in [6.45, 7) is 1.96. The van der Waals surface area contributed by atoms with Gasteiger partial charge in [-0.2, -0.15) is 9.29 Å². The van der Waals surface area contributed by atoms with Gasteiger partial charge in [0, 0.05) is 18.7 Å². The quantitative estimate of drug-likeness (QED) is 0.534. The molecule has 3 rings (SSSR count). The second kappa shape index (κ2) is 7.45. The summed E-state index contributed by atoms with van der Waals surface area (Å²) >= 11 is 0. The van der Waals surface area contributed by atoms with Crippen LogP contribution in [0.2, 0.25) is 0 Å². The van der Waals surface area contributed by atoms with Crippen LogP contribution in [-0.4, -0.2) is 53.9 Å². The molecule has 1 unspecified atom stereocenters. The highest BCUT2D eigenvalue weighted by atomic mass is 32.2. The number of aromatic nitrogens is 2. The number of aryl methyl sites for hydroxylation is 1. The summed E-state index contributed by atoms with van der Waals surface area (Å²) in [6.07, 6.45) is 2.92. The van der Waals surface area contributed by atoms with Gasteiger partial charge in [-0.25, -0.2) is 8.42 Å². The lowest BCUT2D eigenvalue weighted by molar-refractivity contribution is -0.385. The van der Waals surface area contributed by atoms with Crippen molar-refractivity contribution in [2.24, 2.45) is 0 Å². The summed E-state index contributed by atoms with van der Waals surface area (Å²) in [5.41, 5.74) is 0.182. The summed E-state index contributed by atoms with van der Waals surface area (Å²) in [6, 6.07) is 3.80. The second-order valence-corrected chi connectivity index (χ2v) is 7.90. The van der Waals surface area contributed by atoms with E-state index in [1.165, 1.54) is 35.9 Å². The predicted octanol–water partition coefficient (Wildman–Crippen LogP) is 1.54. The third kappa shape index (κ3) is 3.98. The molecule has 1 aromatic carbocycles. The van der Waals surface area contributed by atoms with E-state index in [2.05, 4.69) is 9.97 Å². The summed E-state index contributed by atoms with van der Waals surface area (Å²) in [5.74, 6) is 0.535. The Morgan fingerprint density at radius 1 is 1.30 bits per heavy atom. The van der Waals surface area contributed by atoms with Gasteiger partial charge in [0.2, 0.25) is 21.8 Å². The van der Waals surface area contributed by atoms with Crippen molar-refractivity contribution < 1.29 is 22.8 Å². The number of hydrogen-bond donors (Lipinski definition) is 0. The Balaban J connectivity index is 1.77. The van der Waals surface area contributed by atoms with Crippen LogP contribution in [0.15, 0.2) is 35.5 Å². The first-order valence-electron chi connectivity index (χ1n) is 8.09. The fourth-order valence-electron chi connectivity index (χ4n) is 2.79. The van der Waals surface area contributed by atoms with Gasteiger partial charge in [-0.3, -0.25) is 15.1 Å². The minimum absolute atomic E-state index is 0.0708. The molecule has 11 heteroatoms. The van der Waals surface area contributed by atoms with Crippen molar-refractivity contribution in [2.75, 3.05) is 20.2 Å². The zero-order chi connectivity index (χ0) is 19.6. The fourth-order valence-corrected chi connectivity index (χ4v) is 4.52. The second-order valence-electron chi connectivity index (χ2n) is 6.00. The van der Waals surface area contributed by atoms with Crippen molar-refractivity contribution in [2.45, 2.75) is 24.3 Å². The molecule has 2 heterocycles. The Labute approximate surface area is 156 Å². The van der Waals surface area contributed by atoms with Gasteiger partial charge in [0.25, 0.3) is 5.69 Å². The van der Waals surface area contributed by atoms with E-state index in [9.17, 15) is 18.5 Å². The average molecular weight is 394 g/mol. The molecule has 2 aromatic rings. The van der Waals surface area contributed by atoms with Crippen molar-refractivity contribution in [3.8, 4) is 11.8 Å². The predicted molar refractivity (Wildman–Crippen MR) is 94.2 cm³/mol. The van der Waals surface area contributed by atoms with Crippen LogP contribution in [0.5, 0.6) is 11.8 Å². The van der Waals surface area contributed by atoms with E-state index in [4.69, 9.17) is 9.47 Å². The topological polar surface area (TPSA) is 125 Å². The minimum Gasteiger partial charge on any atom is -0.480 e. The number of methoxy groups -OCH3 is 1. The van der Waals surface area contributed by atoms with Crippen molar-refractivity contribution >= 4 is 15.7 Å². The van der Waals surface area contributed by atoms with Gasteiger partial charge in [0.05, 0.1) is 35.9 Å². The van der Waals surface area contributed by atoms with Crippen molar-refractivity contribution in [3.05, 3.63) is 46.3 Å². The normalized spacial score (nSPS) is 17.6. The van der Waals surface area contributed by atoms with E-state index in [-0.39, 0.29) is 29.6 Å². The molecule has 27 heavy (non-hydrogen) atoms. The summed E-state index contributed by atoms with van der Waals surface area (Å²) in [7, 11) is -2.42. The fraction of sp³-hybridized carbons (Fsp3) is 0.375. The molecule has 1 fully saturated rings. The molecular formula is C16H18N4O6S. The van der Waals surface area contributed by atoms with Gasteiger partial charge in [0.15, 0.2) is 0 Å². The molecule has 0 amide bonds. The Morgan fingerprint density at radius 2 is 2.04 bits per heavy atom. The monoisotopic (exact) mass is 394 g/mol. The third-order valence-corrected chi connectivity index (χ3v) is 6.20. The highest BCUT2D eigenvalue weighted by Gasteiger charge is 2.35. The molecule has 1 saturated heterocycles. The smallest absolute Gasteiger partial charge is 0.270 e. The van der Waals surface area contributed by atoms with E-state index < -0.39 is 21.1 Å². The van der Waals surface area contributed by atoms with Gasteiger partial charge in [-0.05, 0) is 18.9 Å². The van der Waals surface area contributed by atoms with E-state index in [0.29, 0.717) is 17.9 Å². The summed E-state index contributed by atoms with van der Waals surface area (Å²) in [5, 5.41) is 11.0. The van der Waals surface area contributed by atoms with Gasteiger partial charge in [-0.1, -0.05) is 6.07 Å². The van der Waals surface area contributed by atoms with Crippen molar-refractivity contribution in [1.29, 1.82) is 0 Å². The Morgan fingerprint density at radius 3 is 2.74 bits per heavy atom. The first-order valence-corrected chi connectivity index (χ1v) is 9.53. The van der Waals surface area contributed by atoms with Crippen LogP contribution in [0.4, 0.5) is 5.69 Å². The van der Waals surface area contributed by atoms with Crippen LogP contribution < -0.4 is 9.47 Å².